The number of amides is 2. The van der Waals surface area contributed by atoms with Crippen LogP contribution >= 0.6 is 11.3 Å². The van der Waals surface area contributed by atoms with Gasteiger partial charge in [0.2, 0.25) is 5.82 Å². The molecule has 3 aromatic heterocycles. The molecule has 0 saturated carbocycles. The molecule has 0 aliphatic carbocycles. The molecule has 0 aliphatic heterocycles. The molecule has 5 aromatic rings. The zero-order chi connectivity index (χ0) is 23.5. The van der Waals surface area contributed by atoms with Crippen LogP contribution in [0.5, 0.6) is 0 Å². The summed E-state index contributed by atoms with van der Waals surface area (Å²) < 4.78 is 20.0. The van der Waals surface area contributed by atoms with E-state index in [2.05, 4.69) is 20.7 Å². The molecular weight excluding hydrogens is 457 g/mol. The second kappa shape index (κ2) is 9.12. The molecule has 8 nitrogen and oxygen atoms in total. The number of nitrogens with one attached hydrogen (secondary N) is 2. The average Bonchev–Trinajstić information content (AvgIpc) is 3.62. The van der Waals surface area contributed by atoms with Gasteiger partial charge in [-0.05, 0) is 72.1 Å². The lowest BCUT2D eigenvalue weighted by Crippen LogP contribution is -2.14. The van der Waals surface area contributed by atoms with Gasteiger partial charge in [-0.2, -0.15) is 0 Å². The highest BCUT2D eigenvalue weighted by atomic mass is 32.1. The first-order valence-electron chi connectivity index (χ1n) is 10.1. The van der Waals surface area contributed by atoms with Crippen molar-refractivity contribution in [1.82, 2.24) is 14.8 Å². The molecule has 10 heteroatoms. The van der Waals surface area contributed by atoms with E-state index in [9.17, 15) is 14.0 Å². The lowest BCUT2D eigenvalue weighted by Gasteiger charge is -2.06. The fourth-order valence-electron chi connectivity index (χ4n) is 3.16. The number of thiophene rings is 1. The van der Waals surface area contributed by atoms with Crippen LogP contribution in [0.1, 0.15) is 21.2 Å². The topological polar surface area (TPSA) is 102 Å². The maximum atomic E-state index is 13.4. The number of hydrogen-bond acceptors (Lipinski definition) is 6. The molecular formula is C24H16FN5O3S. The van der Waals surface area contributed by atoms with Crippen LogP contribution in [-0.2, 0) is 0 Å². The van der Waals surface area contributed by atoms with Gasteiger partial charge in [-0.1, -0.05) is 6.07 Å². The van der Waals surface area contributed by atoms with Crippen LogP contribution < -0.4 is 10.6 Å². The van der Waals surface area contributed by atoms with Gasteiger partial charge >= 0.3 is 0 Å². The summed E-state index contributed by atoms with van der Waals surface area (Å²) in [7, 11) is 0. The van der Waals surface area contributed by atoms with E-state index in [0.29, 0.717) is 22.9 Å². The summed E-state index contributed by atoms with van der Waals surface area (Å²) in [5.41, 5.74) is 1.61. The fourth-order valence-corrected chi connectivity index (χ4v) is 3.86. The van der Waals surface area contributed by atoms with Gasteiger partial charge in [0.05, 0.1) is 16.8 Å². The highest BCUT2D eigenvalue weighted by Crippen LogP contribution is 2.26. The van der Waals surface area contributed by atoms with Crippen molar-refractivity contribution < 1.29 is 18.4 Å². The Morgan fingerprint density at radius 2 is 1.59 bits per heavy atom. The number of furan rings is 1. The van der Waals surface area contributed by atoms with Gasteiger partial charge in [-0.3, -0.25) is 9.59 Å². The maximum Gasteiger partial charge on any atom is 0.295 e. The molecule has 168 valence electrons. The third-order valence-corrected chi connectivity index (χ3v) is 5.63. The summed E-state index contributed by atoms with van der Waals surface area (Å²) in [4.78, 5) is 30.2. The van der Waals surface area contributed by atoms with Gasteiger partial charge in [-0.15, -0.1) is 16.4 Å². The first-order chi connectivity index (χ1) is 16.6. The zero-order valence-corrected chi connectivity index (χ0v) is 18.3. The second-order valence-corrected chi connectivity index (χ2v) is 8.04. The van der Waals surface area contributed by atoms with Crippen LogP contribution in [0.15, 0.2) is 88.9 Å². The highest BCUT2D eigenvalue weighted by Gasteiger charge is 2.20. The second-order valence-electron chi connectivity index (χ2n) is 7.09. The van der Waals surface area contributed by atoms with Crippen molar-refractivity contribution >= 4 is 34.5 Å². The minimum absolute atomic E-state index is 0.0390. The minimum Gasteiger partial charge on any atom is -0.459 e. The molecule has 0 unspecified atom stereocenters. The summed E-state index contributed by atoms with van der Waals surface area (Å²) in [6.07, 6.45) is 1.42. The predicted octanol–water partition coefficient (Wildman–Crippen LogP) is 5.23. The molecule has 0 radical (unpaired) electrons. The lowest BCUT2D eigenvalue weighted by atomic mass is 10.2. The standard InChI is InChI=1S/C24H16FN5O3S/c25-15-5-11-18(12-6-15)30-22(20-4-2-14-34-20)28-21(29-30)24(32)27-17-9-7-16(8-10-17)26-23(31)19-3-1-13-33-19/h1-14H,(H,26,31)(H,27,32). The lowest BCUT2D eigenvalue weighted by molar-refractivity contribution is 0.0993. The van der Waals surface area contributed by atoms with Gasteiger partial charge in [-0.25, -0.2) is 14.1 Å². The Balaban J connectivity index is 1.35. The van der Waals surface area contributed by atoms with E-state index in [1.54, 1.807) is 48.5 Å². The SMILES string of the molecule is O=C(Nc1ccc(NC(=O)c2ccco2)cc1)c1nc(-c2cccs2)n(-c2ccc(F)cc2)n1. The van der Waals surface area contributed by atoms with E-state index in [-0.39, 0.29) is 23.3 Å². The van der Waals surface area contributed by atoms with Crippen molar-refractivity contribution in [3.8, 4) is 16.4 Å². The van der Waals surface area contributed by atoms with Crippen molar-refractivity contribution in [1.29, 1.82) is 0 Å². The Morgan fingerprint density at radius 3 is 2.21 bits per heavy atom. The van der Waals surface area contributed by atoms with Crippen molar-refractivity contribution in [2.45, 2.75) is 0 Å². The van der Waals surface area contributed by atoms with Crippen LogP contribution in [0.4, 0.5) is 15.8 Å². The van der Waals surface area contributed by atoms with Crippen LogP contribution in [0.25, 0.3) is 16.4 Å². The van der Waals surface area contributed by atoms with E-state index < -0.39 is 5.91 Å². The van der Waals surface area contributed by atoms with Gasteiger partial charge in [0.15, 0.2) is 11.6 Å². The third-order valence-electron chi connectivity index (χ3n) is 4.77. The van der Waals surface area contributed by atoms with Crippen molar-refractivity contribution in [3.05, 3.63) is 102 Å². The number of carbonyl (C=O) groups excluding carboxylic acids is 2. The number of rotatable bonds is 6. The Labute approximate surface area is 196 Å². The van der Waals surface area contributed by atoms with Crippen LogP contribution in [0.3, 0.4) is 0 Å². The summed E-state index contributed by atoms with van der Waals surface area (Å²) in [5, 5.41) is 11.7. The molecule has 5 rings (SSSR count). The van der Waals surface area contributed by atoms with E-state index in [0.717, 1.165) is 4.88 Å². The van der Waals surface area contributed by atoms with Gasteiger partial charge in [0.1, 0.15) is 5.82 Å². The maximum absolute atomic E-state index is 13.4. The minimum atomic E-state index is -0.508. The Kier molecular flexibility index (Phi) is 5.71. The van der Waals surface area contributed by atoms with Gasteiger partial charge in [0.25, 0.3) is 11.8 Å². The average molecular weight is 473 g/mol. The van der Waals surface area contributed by atoms with Crippen molar-refractivity contribution in [3.63, 3.8) is 0 Å². The highest BCUT2D eigenvalue weighted by molar-refractivity contribution is 7.13. The third kappa shape index (κ3) is 4.48. The smallest absolute Gasteiger partial charge is 0.295 e. The van der Waals surface area contributed by atoms with Gasteiger partial charge in [0, 0.05) is 11.4 Å². The number of benzene rings is 2. The zero-order valence-electron chi connectivity index (χ0n) is 17.4. The van der Waals surface area contributed by atoms with Crippen LogP contribution in [-0.4, -0.2) is 26.6 Å². The molecule has 0 aliphatic rings. The van der Waals surface area contributed by atoms with E-state index in [4.69, 9.17) is 4.42 Å². The molecule has 3 heterocycles. The summed E-state index contributed by atoms with van der Waals surface area (Å²) in [6, 6.07) is 19.3. The molecule has 0 fully saturated rings. The van der Waals surface area contributed by atoms with E-state index in [1.807, 2.05) is 17.5 Å². The Morgan fingerprint density at radius 1 is 0.882 bits per heavy atom. The Bertz CT molecular complexity index is 1430. The summed E-state index contributed by atoms with van der Waals surface area (Å²) >= 11 is 1.45. The molecule has 0 atom stereocenters. The number of aromatic nitrogens is 3. The number of hydrogen-bond donors (Lipinski definition) is 2. The number of nitrogens with zero attached hydrogens (tertiary/aromatic N) is 3. The number of anilines is 2. The van der Waals surface area contributed by atoms with E-state index in [1.165, 1.54) is 34.4 Å². The first kappa shape index (κ1) is 21.3. The van der Waals surface area contributed by atoms with Gasteiger partial charge < -0.3 is 15.1 Å². The molecule has 0 bridgehead atoms. The van der Waals surface area contributed by atoms with E-state index >= 15 is 0 Å². The van der Waals surface area contributed by atoms with Crippen molar-refractivity contribution in [2.75, 3.05) is 10.6 Å². The predicted molar refractivity (Wildman–Crippen MR) is 126 cm³/mol. The largest absolute Gasteiger partial charge is 0.459 e. The summed E-state index contributed by atoms with van der Waals surface area (Å²) in [6.45, 7) is 0. The molecule has 2 amide bonds. The first-order valence-corrected chi connectivity index (χ1v) is 11.0. The normalized spacial score (nSPS) is 10.7. The van der Waals surface area contributed by atoms with Crippen LogP contribution in [0.2, 0.25) is 0 Å². The number of halogens is 1. The Hall–Kier alpha value is -4.57. The van der Waals surface area contributed by atoms with Crippen LogP contribution in [0, 0.1) is 5.82 Å². The summed E-state index contributed by atoms with van der Waals surface area (Å²) in [5.74, 6) is -0.625. The molecule has 0 spiro atoms. The molecule has 34 heavy (non-hydrogen) atoms. The fraction of sp³-hybridized carbons (Fsp3) is 0. The number of carbonyl (C=O) groups is 2. The molecule has 2 N–H and O–H groups in total. The quantitative estimate of drug-likeness (QED) is 0.352. The van der Waals surface area contributed by atoms with Crippen molar-refractivity contribution in [2.24, 2.45) is 0 Å². The molecule has 0 saturated heterocycles. The molecule has 2 aromatic carbocycles. The monoisotopic (exact) mass is 473 g/mol.